The highest BCUT2D eigenvalue weighted by atomic mass is 16.5. The number of benzene rings is 2. The summed E-state index contributed by atoms with van der Waals surface area (Å²) in [6.07, 6.45) is 0. The van der Waals surface area contributed by atoms with Crippen LogP contribution in [0.25, 0.3) is 0 Å². The molecular weight excluding hydrogens is 356 g/mol. The summed E-state index contributed by atoms with van der Waals surface area (Å²) < 4.78 is 10.4. The molecule has 1 fully saturated rings. The predicted molar refractivity (Wildman–Crippen MR) is 108 cm³/mol. The molecule has 1 aliphatic rings. The van der Waals surface area contributed by atoms with E-state index in [1.54, 1.807) is 18.1 Å². The van der Waals surface area contributed by atoms with Crippen LogP contribution in [0.1, 0.15) is 21.5 Å². The Hall–Kier alpha value is -3.02. The fraction of sp³-hybridized carbons (Fsp3) is 0.364. The minimum absolute atomic E-state index is 0.159. The second kappa shape index (κ2) is 8.78. The molecule has 0 aliphatic carbocycles. The number of hydrogen-bond acceptors (Lipinski definition) is 5. The highest BCUT2D eigenvalue weighted by Crippen LogP contribution is 2.20. The number of nitrogens with zero attached hydrogens (tertiary/aromatic N) is 2. The molecule has 0 N–H and O–H groups in total. The number of anilines is 1. The summed E-state index contributed by atoms with van der Waals surface area (Å²) in [6.45, 7) is 6.28. The number of methoxy groups -OCH3 is 1. The molecule has 6 heteroatoms. The minimum Gasteiger partial charge on any atom is -0.497 e. The molecule has 0 spiro atoms. The number of carbonyl (C=O) groups is 2. The summed E-state index contributed by atoms with van der Waals surface area (Å²) in [5, 5.41) is 0. The van der Waals surface area contributed by atoms with Crippen LogP contribution in [0.3, 0.4) is 0 Å². The van der Waals surface area contributed by atoms with Crippen molar-refractivity contribution in [3.8, 4) is 5.75 Å². The number of esters is 1. The molecule has 1 amide bonds. The van der Waals surface area contributed by atoms with E-state index in [4.69, 9.17) is 9.47 Å². The molecule has 1 aliphatic heterocycles. The van der Waals surface area contributed by atoms with Crippen LogP contribution in [0, 0.1) is 13.8 Å². The van der Waals surface area contributed by atoms with Crippen molar-refractivity contribution in [3.05, 3.63) is 59.2 Å². The van der Waals surface area contributed by atoms with E-state index in [0.29, 0.717) is 18.7 Å². The van der Waals surface area contributed by atoms with Crippen molar-refractivity contribution in [1.82, 2.24) is 4.90 Å². The van der Waals surface area contributed by atoms with Gasteiger partial charge in [-0.1, -0.05) is 12.1 Å². The van der Waals surface area contributed by atoms with E-state index in [0.717, 1.165) is 35.7 Å². The van der Waals surface area contributed by atoms with Crippen LogP contribution >= 0.6 is 0 Å². The molecule has 0 radical (unpaired) electrons. The van der Waals surface area contributed by atoms with E-state index in [-0.39, 0.29) is 12.5 Å². The van der Waals surface area contributed by atoms with Crippen LogP contribution < -0.4 is 9.64 Å². The normalized spacial score (nSPS) is 14.0. The van der Waals surface area contributed by atoms with Gasteiger partial charge in [0.25, 0.3) is 5.91 Å². The maximum Gasteiger partial charge on any atom is 0.338 e. The van der Waals surface area contributed by atoms with Gasteiger partial charge >= 0.3 is 5.97 Å². The van der Waals surface area contributed by atoms with E-state index in [1.165, 1.54) is 0 Å². The van der Waals surface area contributed by atoms with Gasteiger partial charge in [0.15, 0.2) is 6.61 Å². The fourth-order valence-electron chi connectivity index (χ4n) is 3.28. The van der Waals surface area contributed by atoms with Gasteiger partial charge in [-0.15, -0.1) is 0 Å². The predicted octanol–water partition coefficient (Wildman–Crippen LogP) is 2.82. The molecule has 1 heterocycles. The topological polar surface area (TPSA) is 59.1 Å². The first-order chi connectivity index (χ1) is 13.5. The van der Waals surface area contributed by atoms with Crippen LogP contribution in [-0.4, -0.2) is 56.7 Å². The van der Waals surface area contributed by atoms with Crippen LogP contribution in [0.5, 0.6) is 5.75 Å². The Labute approximate surface area is 165 Å². The Kier molecular flexibility index (Phi) is 6.19. The molecule has 3 rings (SSSR count). The quantitative estimate of drug-likeness (QED) is 0.745. The second-order valence-corrected chi connectivity index (χ2v) is 6.89. The van der Waals surface area contributed by atoms with Crippen molar-refractivity contribution in [2.24, 2.45) is 0 Å². The smallest absolute Gasteiger partial charge is 0.338 e. The molecule has 2 aromatic rings. The average Bonchev–Trinajstić information content (AvgIpc) is 2.74. The first-order valence-corrected chi connectivity index (χ1v) is 9.39. The molecule has 0 aromatic heterocycles. The third-order valence-corrected chi connectivity index (χ3v) is 5.22. The van der Waals surface area contributed by atoms with E-state index in [9.17, 15) is 9.59 Å². The van der Waals surface area contributed by atoms with Crippen molar-refractivity contribution in [3.63, 3.8) is 0 Å². The molecule has 0 bridgehead atoms. The summed E-state index contributed by atoms with van der Waals surface area (Å²) in [6, 6.07) is 13.4. The third kappa shape index (κ3) is 4.44. The maximum atomic E-state index is 12.4. The van der Waals surface area contributed by atoms with E-state index < -0.39 is 5.97 Å². The lowest BCUT2D eigenvalue weighted by Crippen LogP contribution is -2.49. The summed E-state index contributed by atoms with van der Waals surface area (Å²) >= 11 is 0. The first kappa shape index (κ1) is 19.7. The molecule has 2 aromatic carbocycles. The monoisotopic (exact) mass is 382 g/mol. The van der Waals surface area contributed by atoms with Crippen molar-refractivity contribution in [2.45, 2.75) is 13.8 Å². The highest BCUT2D eigenvalue weighted by molar-refractivity contribution is 5.93. The second-order valence-electron chi connectivity index (χ2n) is 6.89. The zero-order valence-corrected chi connectivity index (χ0v) is 16.6. The molecule has 0 unspecified atom stereocenters. The van der Waals surface area contributed by atoms with Crippen LogP contribution in [0.2, 0.25) is 0 Å². The third-order valence-electron chi connectivity index (χ3n) is 5.22. The number of hydrogen-bond donors (Lipinski definition) is 0. The van der Waals surface area contributed by atoms with Crippen molar-refractivity contribution >= 4 is 17.6 Å². The zero-order valence-electron chi connectivity index (χ0n) is 16.6. The van der Waals surface area contributed by atoms with Gasteiger partial charge in [-0.2, -0.15) is 0 Å². The summed E-state index contributed by atoms with van der Waals surface area (Å²) in [5.41, 5.74) is 3.52. The van der Waals surface area contributed by atoms with Crippen LogP contribution in [-0.2, 0) is 9.53 Å². The Morgan fingerprint density at radius 3 is 2.29 bits per heavy atom. The molecular formula is C22H26N2O4. The molecule has 0 atom stereocenters. The summed E-state index contributed by atoms with van der Waals surface area (Å²) in [4.78, 5) is 28.7. The van der Waals surface area contributed by atoms with Gasteiger partial charge in [-0.3, -0.25) is 4.79 Å². The highest BCUT2D eigenvalue weighted by Gasteiger charge is 2.23. The summed E-state index contributed by atoms with van der Waals surface area (Å²) in [7, 11) is 1.65. The van der Waals surface area contributed by atoms with E-state index >= 15 is 0 Å². The average molecular weight is 382 g/mol. The molecule has 1 saturated heterocycles. The Bertz CT molecular complexity index is 840. The van der Waals surface area contributed by atoms with Crippen LogP contribution in [0.15, 0.2) is 42.5 Å². The standard InChI is InChI=1S/C22H26N2O4/c1-16-5-4-6-20(17(16)2)22(26)28-15-21(25)24-13-11-23(12-14-24)18-7-9-19(27-3)10-8-18/h4-10H,11-15H2,1-3H3. The number of aryl methyl sites for hydroxylation is 1. The molecule has 0 saturated carbocycles. The van der Waals surface area contributed by atoms with Crippen LogP contribution in [0.4, 0.5) is 5.69 Å². The Balaban J connectivity index is 1.49. The summed E-state index contributed by atoms with van der Waals surface area (Å²) in [5.74, 6) is 0.211. The fourth-order valence-corrected chi connectivity index (χ4v) is 3.28. The van der Waals surface area contributed by atoms with Gasteiger partial charge in [-0.05, 0) is 55.3 Å². The molecule has 6 nitrogen and oxygen atoms in total. The zero-order chi connectivity index (χ0) is 20.1. The van der Waals surface area contributed by atoms with E-state index in [2.05, 4.69) is 4.90 Å². The lowest BCUT2D eigenvalue weighted by atomic mass is 10.0. The van der Waals surface area contributed by atoms with E-state index in [1.807, 2.05) is 50.2 Å². The Morgan fingerprint density at radius 1 is 0.964 bits per heavy atom. The largest absolute Gasteiger partial charge is 0.497 e. The van der Waals surface area contributed by atoms with Gasteiger partial charge in [0.1, 0.15) is 5.75 Å². The number of ether oxygens (including phenoxy) is 2. The van der Waals surface area contributed by atoms with Crippen molar-refractivity contribution < 1.29 is 19.1 Å². The number of piperazine rings is 1. The molecule has 28 heavy (non-hydrogen) atoms. The maximum absolute atomic E-state index is 12.4. The van der Waals surface area contributed by atoms with Gasteiger partial charge in [0, 0.05) is 31.9 Å². The minimum atomic E-state index is -0.452. The lowest BCUT2D eigenvalue weighted by Gasteiger charge is -2.36. The van der Waals surface area contributed by atoms with Gasteiger partial charge in [0.05, 0.1) is 12.7 Å². The van der Waals surface area contributed by atoms with Crippen molar-refractivity contribution in [2.75, 3.05) is 44.8 Å². The Morgan fingerprint density at radius 2 is 1.64 bits per heavy atom. The SMILES string of the molecule is COc1ccc(N2CCN(C(=O)COC(=O)c3cccc(C)c3C)CC2)cc1. The number of carbonyl (C=O) groups excluding carboxylic acids is 2. The van der Waals surface area contributed by atoms with Gasteiger partial charge in [0.2, 0.25) is 0 Å². The van der Waals surface area contributed by atoms with Gasteiger partial charge in [-0.25, -0.2) is 4.79 Å². The van der Waals surface area contributed by atoms with Crippen molar-refractivity contribution in [1.29, 1.82) is 0 Å². The lowest BCUT2D eigenvalue weighted by molar-refractivity contribution is -0.134. The first-order valence-electron chi connectivity index (χ1n) is 9.39. The number of rotatable bonds is 5. The molecule has 148 valence electrons. The number of amides is 1. The van der Waals surface area contributed by atoms with Gasteiger partial charge < -0.3 is 19.3 Å².